The highest BCUT2D eigenvalue weighted by atomic mass is 16.5. The molecule has 1 aromatic rings. The highest BCUT2D eigenvalue weighted by Crippen LogP contribution is 2.44. The molecule has 0 N–H and O–H groups in total. The van der Waals surface area contributed by atoms with E-state index in [1.807, 2.05) is 26.0 Å². The first-order chi connectivity index (χ1) is 10.0. The van der Waals surface area contributed by atoms with Crippen molar-refractivity contribution in [2.45, 2.75) is 20.3 Å². The van der Waals surface area contributed by atoms with E-state index in [1.165, 1.54) is 10.5 Å². The zero-order valence-corrected chi connectivity index (χ0v) is 12.5. The number of benzene rings is 1. The van der Waals surface area contributed by atoms with E-state index in [9.17, 15) is 9.59 Å². The van der Waals surface area contributed by atoms with Gasteiger partial charge in [0.25, 0.3) is 0 Å². The Morgan fingerprint density at radius 3 is 2.62 bits per heavy atom. The van der Waals surface area contributed by atoms with Gasteiger partial charge < -0.3 is 4.74 Å². The third-order valence-electron chi connectivity index (χ3n) is 4.46. The van der Waals surface area contributed by atoms with Gasteiger partial charge in [-0.15, -0.1) is 0 Å². The van der Waals surface area contributed by atoms with Crippen molar-refractivity contribution >= 4 is 17.5 Å². The van der Waals surface area contributed by atoms with Crippen LogP contribution in [0.5, 0.6) is 5.75 Å². The third kappa shape index (κ3) is 2.06. The highest BCUT2D eigenvalue weighted by Gasteiger charge is 2.51. The molecule has 1 fully saturated rings. The fourth-order valence-corrected chi connectivity index (χ4v) is 3.57. The monoisotopic (exact) mass is 285 g/mol. The Balaban J connectivity index is 2.03. The fourth-order valence-electron chi connectivity index (χ4n) is 3.57. The lowest BCUT2D eigenvalue weighted by molar-refractivity contribution is -0.122. The maximum Gasteiger partial charge on any atom is 0.238 e. The Bertz CT molecular complexity index is 635. The molecule has 0 unspecified atom stereocenters. The van der Waals surface area contributed by atoms with Crippen molar-refractivity contribution in [3.63, 3.8) is 0 Å². The molecule has 0 spiro atoms. The van der Waals surface area contributed by atoms with Crippen molar-refractivity contribution < 1.29 is 14.3 Å². The first-order valence-electron chi connectivity index (χ1n) is 7.22. The Morgan fingerprint density at radius 1 is 1.19 bits per heavy atom. The van der Waals surface area contributed by atoms with Gasteiger partial charge in [-0.2, -0.15) is 0 Å². The predicted molar refractivity (Wildman–Crippen MR) is 80.0 cm³/mol. The Kier molecular flexibility index (Phi) is 3.32. The number of methoxy groups -OCH3 is 1. The summed E-state index contributed by atoms with van der Waals surface area (Å²) in [6.45, 7) is 4.04. The summed E-state index contributed by atoms with van der Waals surface area (Å²) < 4.78 is 5.30. The molecule has 2 aliphatic rings. The van der Waals surface area contributed by atoms with Gasteiger partial charge >= 0.3 is 0 Å². The number of fused-ring (bicyclic) bond motifs is 1. The Hall–Kier alpha value is -2.10. The van der Waals surface area contributed by atoms with Crippen molar-refractivity contribution in [1.82, 2.24) is 0 Å². The molecule has 3 rings (SSSR count). The fraction of sp³-hybridized carbons (Fsp3) is 0.412. The average Bonchev–Trinajstić information content (AvgIpc) is 2.70. The number of nitrogens with zero attached hydrogens (tertiary/aromatic N) is 1. The molecule has 2 amide bonds. The van der Waals surface area contributed by atoms with Crippen LogP contribution in [0.15, 0.2) is 35.9 Å². The van der Waals surface area contributed by atoms with Crippen molar-refractivity contribution in [2.75, 3.05) is 12.0 Å². The zero-order chi connectivity index (χ0) is 15.1. The first kappa shape index (κ1) is 13.9. The van der Waals surface area contributed by atoms with Gasteiger partial charge in [-0.25, -0.2) is 4.90 Å². The maximum atomic E-state index is 12.8. The number of carbonyl (C=O) groups is 2. The van der Waals surface area contributed by atoms with Gasteiger partial charge in [-0.1, -0.05) is 30.7 Å². The van der Waals surface area contributed by atoms with Crippen molar-refractivity contribution in [1.29, 1.82) is 0 Å². The Labute approximate surface area is 124 Å². The number of amides is 2. The van der Waals surface area contributed by atoms with Crippen LogP contribution in [0.25, 0.3) is 0 Å². The number of rotatable bonds is 2. The van der Waals surface area contributed by atoms with Crippen LogP contribution < -0.4 is 9.64 Å². The van der Waals surface area contributed by atoms with E-state index in [2.05, 4.69) is 6.08 Å². The number of imide groups is 1. The molecule has 1 saturated heterocycles. The minimum atomic E-state index is -0.244. The van der Waals surface area contributed by atoms with Crippen LogP contribution in [0.3, 0.4) is 0 Å². The number of carbonyl (C=O) groups excluding carboxylic acids is 2. The smallest absolute Gasteiger partial charge is 0.238 e. The molecule has 0 aromatic heterocycles. The number of anilines is 1. The summed E-state index contributed by atoms with van der Waals surface area (Å²) in [6, 6.07) is 7.17. The van der Waals surface area contributed by atoms with Crippen molar-refractivity contribution in [2.24, 2.45) is 17.8 Å². The molecule has 0 radical (unpaired) electrons. The van der Waals surface area contributed by atoms with Crippen LogP contribution in [0.2, 0.25) is 0 Å². The molecule has 4 heteroatoms. The number of hydrogen-bond acceptors (Lipinski definition) is 3. The molecule has 0 saturated carbocycles. The molecule has 1 heterocycles. The van der Waals surface area contributed by atoms with Gasteiger partial charge in [0.15, 0.2) is 0 Å². The molecule has 1 aromatic carbocycles. The van der Waals surface area contributed by atoms with Gasteiger partial charge in [0, 0.05) is 0 Å². The number of para-hydroxylation sites is 2. The number of hydrogen-bond donors (Lipinski definition) is 0. The lowest BCUT2D eigenvalue weighted by Gasteiger charge is -2.25. The summed E-state index contributed by atoms with van der Waals surface area (Å²) in [4.78, 5) is 26.8. The van der Waals surface area contributed by atoms with Gasteiger partial charge in [0.05, 0.1) is 24.6 Å². The van der Waals surface area contributed by atoms with Crippen LogP contribution in [-0.2, 0) is 9.59 Å². The summed E-state index contributed by atoms with van der Waals surface area (Å²) in [5, 5.41) is 0. The minimum absolute atomic E-state index is 0.0971. The normalized spacial score (nSPS) is 28.4. The van der Waals surface area contributed by atoms with E-state index in [-0.39, 0.29) is 29.6 Å². The molecule has 1 aliphatic carbocycles. The SMILES string of the molecule is COc1ccccc1N1C(=O)[C@H]2[C@H](CC(C)=C[C@@H]2C)C1=O. The topological polar surface area (TPSA) is 46.6 Å². The standard InChI is InChI=1S/C17H19NO3/c1-10-8-11(2)15-12(9-10)16(19)18(17(15)20)13-6-4-5-7-14(13)21-3/h4-8,11-12,15H,9H2,1-3H3/t11-,12-,15+/m0/s1. The second-order valence-corrected chi connectivity index (χ2v) is 5.89. The van der Waals surface area contributed by atoms with Gasteiger partial charge in [0.2, 0.25) is 11.8 Å². The molecule has 1 aliphatic heterocycles. The molecule has 21 heavy (non-hydrogen) atoms. The van der Waals surface area contributed by atoms with E-state index in [4.69, 9.17) is 4.74 Å². The van der Waals surface area contributed by atoms with Crippen LogP contribution in [-0.4, -0.2) is 18.9 Å². The molecular formula is C17H19NO3. The summed E-state index contributed by atoms with van der Waals surface area (Å²) in [6.07, 6.45) is 2.78. The van der Waals surface area contributed by atoms with Crippen molar-refractivity contribution in [3.8, 4) is 5.75 Å². The van der Waals surface area contributed by atoms with Crippen molar-refractivity contribution in [3.05, 3.63) is 35.9 Å². The summed E-state index contributed by atoms with van der Waals surface area (Å²) in [5.41, 5.74) is 1.74. The van der Waals surface area contributed by atoms with Gasteiger partial charge in [-0.05, 0) is 31.4 Å². The molecule has 110 valence electrons. The van der Waals surface area contributed by atoms with Gasteiger partial charge in [-0.3, -0.25) is 9.59 Å². The quantitative estimate of drug-likeness (QED) is 0.620. The van der Waals surface area contributed by atoms with Crippen LogP contribution in [0.1, 0.15) is 20.3 Å². The van der Waals surface area contributed by atoms with Crippen LogP contribution >= 0.6 is 0 Å². The third-order valence-corrected chi connectivity index (χ3v) is 4.46. The average molecular weight is 285 g/mol. The molecular weight excluding hydrogens is 266 g/mol. The molecule has 4 nitrogen and oxygen atoms in total. The highest BCUT2D eigenvalue weighted by molar-refractivity contribution is 6.23. The van der Waals surface area contributed by atoms with Crippen LogP contribution in [0.4, 0.5) is 5.69 Å². The minimum Gasteiger partial charge on any atom is -0.495 e. The lowest BCUT2D eigenvalue weighted by atomic mass is 9.76. The second kappa shape index (κ2) is 5.02. The number of allylic oxidation sites excluding steroid dienone is 2. The van der Waals surface area contributed by atoms with Gasteiger partial charge in [0.1, 0.15) is 5.75 Å². The number of ether oxygens (including phenoxy) is 1. The lowest BCUT2D eigenvalue weighted by Crippen LogP contribution is -2.31. The van der Waals surface area contributed by atoms with Crippen LogP contribution in [0, 0.1) is 17.8 Å². The summed E-state index contributed by atoms with van der Waals surface area (Å²) >= 11 is 0. The van der Waals surface area contributed by atoms with E-state index < -0.39 is 0 Å². The van der Waals surface area contributed by atoms with E-state index in [0.29, 0.717) is 17.9 Å². The summed E-state index contributed by atoms with van der Waals surface area (Å²) in [7, 11) is 1.55. The maximum absolute atomic E-state index is 12.8. The van der Waals surface area contributed by atoms with E-state index >= 15 is 0 Å². The Morgan fingerprint density at radius 2 is 1.90 bits per heavy atom. The second-order valence-electron chi connectivity index (χ2n) is 5.89. The van der Waals surface area contributed by atoms with E-state index in [0.717, 1.165) is 0 Å². The largest absolute Gasteiger partial charge is 0.495 e. The summed E-state index contributed by atoms with van der Waals surface area (Å²) in [5.74, 6) is -0.0387. The molecule has 0 bridgehead atoms. The predicted octanol–water partition coefficient (Wildman–Crippen LogP) is 2.79. The molecule has 3 atom stereocenters. The zero-order valence-electron chi connectivity index (χ0n) is 12.5. The van der Waals surface area contributed by atoms with E-state index in [1.54, 1.807) is 19.2 Å². The first-order valence-corrected chi connectivity index (χ1v) is 7.22.